The van der Waals surface area contributed by atoms with Gasteiger partial charge in [-0.25, -0.2) is 4.79 Å². The van der Waals surface area contributed by atoms with E-state index in [0.717, 1.165) is 19.3 Å². The van der Waals surface area contributed by atoms with Crippen LogP contribution in [0, 0.1) is 0 Å². The quantitative estimate of drug-likeness (QED) is 0.621. The van der Waals surface area contributed by atoms with E-state index in [4.69, 9.17) is 4.74 Å². The van der Waals surface area contributed by atoms with Gasteiger partial charge in [-0.1, -0.05) is 25.8 Å². The molecule has 1 aliphatic rings. The largest absolute Gasteiger partial charge is 0.507 e. The smallest absolute Gasteiger partial charge is 0.341 e. The van der Waals surface area contributed by atoms with E-state index < -0.39 is 11.8 Å². The van der Waals surface area contributed by atoms with E-state index in [9.17, 15) is 15.0 Å². The summed E-state index contributed by atoms with van der Waals surface area (Å²) >= 11 is 0. The molecule has 1 unspecified atom stereocenters. The maximum Gasteiger partial charge on any atom is 0.341 e. The van der Waals surface area contributed by atoms with Crippen molar-refractivity contribution in [2.75, 3.05) is 0 Å². The number of ether oxygens (including phenoxy) is 1. The number of rotatable bonds is 4. The number of phenolic OH excluding ortho intramolecular Hbond substituents is 1. The Morgan fingerprint density at radius 3 is 2.82 bits per heavy atom. The van der Waals surface area contributed by atoms with Crippen LogP contribution in [0.15, 0.2) is 18.2 Å². The van der Waals surface area contributed by atoms with Crippen molar-refractivity contribution < 1.29 is 19.7 Å². The lowest BCUT2D eigenvalue weighted by molar-refractivity contribution is -0.169. The Morgan fingerprint density at radius 2 is 2.12 bits per heavy atom. The van der Waals surface area contributed by atoms with Crippen LogP contribution in [-0.2, 0) is 10.5 Å². The van der Waals surface area contributed by atoms with Gasteiger partial charge in [0.2, 0.25) is 5.79 Å². The first-order valence-electron chi connectivity index (χ1n) is 5.86. The molecule has 0 amide bonds. The predicted octanol–water partition coefficient (Wildman–Crippen LogP) is 2.29. The number of hydrogen-bond acceptors (Lipinski definition) is 4. The molecule has 4 heteroatoms. The first kappa shape index (κ1) is 11.9. The maximum atomic E-state index is 11.6. The van der Waals surface area contributed by atoms with Crippen molar-refractivity contribution in [1.82, 2.24) is 0 Å². The molecule has 1 aliphatic heterocycles. The van der Waals surface area contributed by atoms with E-state index in [2.05, 4.69) is 6.92 Å². The molecule has 2 N–H and O–H groups in total. The summed E-state index contributed by atoms with van der Waals surface area (Å²) in [4.78, 5) is 11.6. The highest BCUT2D eigenvalue weighted by molar-refractivity contribution is 5.95. The molecule has 0 saturated heterocycles. The zero-order valence-corrected chi connectivity index (χ0v) is 9.77. The van der Waals surface area contributed by atoms with Crippen LogP contribution >= 0.6 is 0 Å². The van der Waals surface area contributed by atoms with Crippen molar-refractivity contribution in [1.29, 1.82) is 0 Å². The van der Waals surface area contributed by atoms with Crippen molar-refractivity contribution in [3.63, 3.8) is 0 Å². The summed E-state index contributed by atoms with van der Waals surface area (Å²) in [5, 5.41) is 20.1. The second-order valence-corrected chi connectivity index (χ2v) is 4.33. The lowest BCUT2D eigenvalue weighted by atomic mass is 9.96. The minimum Gasteiger partial charge on any atom is -0.507 e. The molecule has 0 bridgehead atoms. The zero-order valence-electron chi connectivity index (χ0n) is 9.77. The number of esters is 1. The fraction of sp³-hybridized carbons (Fsp3) is 0.462. The van der Waals surface area contributed by atoms with Crippen molar-refractivity contribution in [3.8, 4) is 5.75 Å². The molecule has 1 atom stereocenters. The van der Waals surface area contributed by atoms with E-state index in [1.807, 2.05) is 0 Å². The van der Waals surface area contributed by atoms with E-state index >= 15 is 0 Å². The number of benzene rings is 1. The van der Waals surface area contributed by atoms with Crippen LogP contribution in [0.3, 0.4) is 0 Å². The third-order valence-electron chi connectivity index (χ3n) is 3.03. The molecule has 1 aromatic rings. The number of fused-ring (bicyclic) bond motifs is 1. The molecule has 4 nitrogen and oxygen atoms in total. The fourth-order valence-electron chi connectivity index (χ4n) is 2.17. The molecule has 0 spiro atoms. The van der Waals surface area contributed by atoms with Crippen LogP contribution in [0.25, 0.3) is 0 Å². The van der Waals surface area contributed by atoms with Gasteiger partial charge in [0.1, 0.15) is 5.75 Å². The van der Waals surface area contributed by atoms with E-state index in [0.29, 0.717) is 6.42 Å². The van der Waals surface area contributed by atoms with Crippen LogP contribution in [0.5, 0.6) is 5.75 Å². The molecule has 0 saturated carbocycles. The molecule has 1 heterocycles. The van der Waals surface area contributed by atoms with Crippen molar-refractivity contribution in [3.05, 3.63) is 29.3 Å². The van der Waals surface area contributed by atoms with Gasteiger partial charge in [-0.05, 0) is 18.6 Å². The Bertz CT molecular complexity index is 441. The highest BCUT2D eigenvalue weighted by Crippen LogP contribution is 2.42. The first-order chi connectivity index (χ1) is 8.08. The molecule has 92 valence electrons. The lowest BCUT2D eigenvalue weighted by Gasteiger charge is -2.22. The normalized spacial score (nSPS) is 22.4. The summed E-state index contributed by atoms with van der Waals surface area (Å²) in [7, 11) is 0. The number of carbonyl (C=O) groups excluding carboxylic acids is 1. The van der Waals surface area contributed by atoms with Gasteiger partial charge in [-0.2, -0.15) is 0 Å². The molecule has 17 heavy (non-hydrogen) atoms. The summed E-state index contributed by atoms with van der Waals surface area (Å²) in [5.41, 5.74) is 0.463. The lowest BCUT2D eigenvalue weighted by Crippen LogP contribution is -2.25. The van der Waals surface area contributed by atoms with Crippen molar-refractivity contribution >= 4 is 5.97 Å². The molecule has 0 aromatic heterocycles. The second kappa shape index (κ2) is 4.37. The average Bonchev–Trinajstić information content (AvgIpc) is 2.53. The fourth-order valence-corrected chi connectivity index (χ4v) is 2.17. The number of hydrogen-bond donors (Lipinski definition) is 2. The molecule has 0 fully saturated rings. The minimum atomic E-state index is -1.66. The Labute approximate surface area is 99.8 Å². The van der Waals surface area contributed by atoms with Crippen LogP contribution in [0.1, 0.15) is 48.5 Å². The molecule has 1 aromatic carbocycles. The first-order valence-corrected chi connectivity index (χ1v) is 5.86. The highest BCUT2D eigenvalue weighted by atomic mass is 16.7. The summed E-state index contributed by atoms with van der Waals surface area (Å²) in [6.07, 6.45) is 3.02. The van der Waals surface area contributed by atoms with Gasteiger partial charge in [0.05, 0.1) is 11.1 Å². The standard InChI is InChI=1S/C13H16O4/c1-2-3-4-8-13(16)11-9(12(15)17-13)6-5-7-10(11)14/h5-7,14,16H,2-4,8H2,1H3. The molecular weight excluding hydrogens is 220 g/mol. The predicted molar refractivity (Wildman–Crippen MR) is 61.6 cm³/mol. The third kappa shape index (κ3) is 2.00. The Kier molecular flexibility index (Phi) is 3.07. The maximum absolute atomic E-state index is 11.6. The molecule has 2 rings (SSSR count). The number of cyclic esters (lactones) is 1. The van der Waals surface area contributed by atoms with Gasteiger partial charge in [0.25, 0.3) is 0 Å². The minimum absolute atomic E-state index is 0.0904. The molecule has 0 aliphatic carbocycles. The Balaban J connectivity index is 2.31. The third-order valence-corrected chi connectivity index (χ3v) is 3.03. The monoisotopic (exact) mass is 236 g/mol. The highest BCUT2D eigenvalue weighted by Gasteiger charge is 2.45. The average molecular weight is 236 g/mol. The number of unbranched alkanes of at least 4 members (excludes halogenated alkanes) is 2. The topological polar surface area (TPSA) is 66.8 Å². The van der Waals surface area contributed by atoms with Gasteiger partial charge < -0.3 is 14.9 Å². The van der Waals surface area contributed by atoms with Gasteiger partial charge in [-0.3, -0.25) is 0 Å². The number of aliphatic hydroxyl groups is 1. The summed E-state index contributed by atoms with van der Waals surface area (Å²) in [6.45, 7) is 2.05. The van der Waals surface area contributed by atoms with Crippen molar-refractivity contribution in [2.24, 2.45) is 0 Å². The second-order valence-electron chi connectivity index (χ2n) is 4.33. The van der Waals surface area contributed by atoms with Crippen molar-refractivity contribution in [2.45, 2.75) is 38.4 Å². The van der Waals surface area contributed by atoms with Crippen LogP contribution in [0.4, 0.5) is 0 Å². The SMILES string of the molecule is CCCCCC1(O)OC(=O)c2cccc(O)c21. The summed E-state index contributed by atoms with van der Waals surface area (Å²) in [5.74, 6) is -2.32. The van der Waals surface area contributed by atoms with E-state index in [-0.39, 0.29) is 16.9 Å². The Morgan fingerprint density at radius 1 is 1.35 bits per heavy atom. The van der Waals surface area contributed by atoms with Gasteiger partial charge in [0.15, 0.2) is 0 Å². The van der Waals surface area contributed by atoms with E-state index in [1.165, 1.54) is 6.07 Å². The van der Waals surface area contributed by atoms with E-state index in [1.54, 1.807) is 12.1 Å². The molecule has 0 radical (unpaired) electrons. The Hall–Kier alpha value is -1.55. The van der Waals surface area contributed by atoms with Crippen LogP contribution in [-0.4, -0.2) is 16.2 Å². The molecular formula is C13H16O4. The van der Waals surface area contributed by atoms with Gasteiger partial charge in [-0.15, -0.1) is 0 Å². The van der Waals surface area contributed by atoms with Gasteiger partial charge >= 0.3 is 5.97 Å². The van der Waals surface area contributed by atoms with Gasteiger partial charge in [0, 0.05) is 6.42 Å². The number of phenols is 1. The zero-order chi connectivity index (χ0) is 12.5. The number of carbonyl (C=O) groups is 1. The summed E-state index contributed by atoms with van der Waals surface area (Å²) < 4.78 is 5.00. The van der Waals surface area contributed by atoms with Crippen LogP contribution < -0.4 is 0 Å². The number of aromatic hydroxyl groups is 1. The summed E-state index contributed by atoms with van der Waals surface area (Å²) in [6, 6.07) is 4.56. The van der Waals surface area contributed by atoms with Crippen LogP contribution in [0.2, 0.25) is 0 Å².